The van der Waals surface area contributed by atoms with Gasteiger partial charge in [-0.05, 0) is 36.4 Å². The minimum Gasteiger partial charge on any atom is -0.484 e. The molecule has 28 heavy (non-hydrogen) atoms. The summed E-state index contributed by atoms with van der Waals surface area (Å²) in [7, 11) is 0. The number of carbonyl (C=O) groups excluding carboxylic acids is 2. The second kappa shape index (κ2) is 9.21. The van der Waals surface area contributed by atoms with Gasteiger partial charge in [-0.15, -0.1) is 0 Å². The Hall–Kier alpha value is -3.09. The predicted molar refractivity (Wildman–Crippen MR) is 109 cm³/mol. The van der Waals surface area contributed by atoms with Gasteiger partial charge in [-0.1, -0.05) is 47.5 Å². The molecule has 0 spiro atoms. The molecule has 0 aliphatic heterocycles. The van der Waals surface area contributed by atoms with Gasteiger partial charge in [0.2, 0.25) is 0 Å². The highest BCUT2D eigenvalue weighted by Gasteiger charge is 2.13. The number of pyridine rings is 1. The van der Waals surface area contributed by atoms with E-state index in [1.54, 1.807) is 36.4 Å². The zero-order chi connectivity index (χ0) is 19.9. The lowest BCUT2D eigenvalue weighted by atomic mass is 10.2. The van der Waals surface area contributed by atoms with Crippen LogP contribution >= 0.6 is 23.2 Å². The first-order chi connectivity index (χ1) is 13.5. The lowest BCUT2D eigenvalue weighted by Gasteiger charge is -2.10. The Morgan fingerprint density at radius 1 is 0.893 bits per heavy atom. The monoisotopic (exact) mass is 415 g/mol. The van der Waals surface area contributed by atoms with Crippen LogP contribution in [0.1, 0.15) is 10.5 Å². The summed E-state index contributed by atoms with van der Waals surface area (Å²) in [6.45, 7) is -0.173. The fourth-order valence-corrected chi connectivity index (χ4v) is 2.64. The summed E-state index contributed by atoms with van der Waals surface area (Å²) in [6, 6.07) is 18.7. The van der Waals surface area contributed by atoms with E-state index in [0.29, 0.717) is 17.1 Å². The molecule has 142 valence electrons. The number of anilines is 2. The summed E-state index contributed by atoms with van der Waals surface area (Å²) in [5.41, 5.74) is 1.16. The molecular formula is C20H15Cl2N3O3. The van der Waals surface area contributed by atoms with Crippen LogP contribution in [0.15, 0.2) is 66.7 Å². The van der Waals surface area contributed by atoms with Gasteiger partial charge in [0.1, 0.15) is 16.6 Å². The van der Waals surface area contributed by atoms with E-state index in [0.717, 1.165) is 0 Å². The number of rotatable bonds is 6. The second-order valence-corrected chi connectivity index (χ2v) is 6.44. The summed E-state index contributed by atoms with van der Waals surface area (Å²) in [5, 5.41) is 5.74. The number of hydrogen-bond donors (Lipinski definition) is 2. The van der Waals surface area contributed by atoms with Gasteiger partial charge in [0.15, 0.2) is 6.61 Å². The highest BCUT2D eigenvalue weighted by atomic mass is 35.5. The third kappa shape index (κ3) is 5.45. The van der Waals surface area contributed by atoms with Crippen molar-refractivity contribution in [1.29, 1.82) is 0 Å². The fraction of sp³-hybridized carbons (Fsp3) is 0.0500. The molecule has 0 fully saturated rings. The molecule has 0 unspecified atom stereocenters. The number of benzene rings is 2. The largest absolute Gasteiger partial charge is 0.484 e. The lowest BCUT2D eigenvalue weighted by molar-refractivity contribution is -0.118. The van der Waals surface area contributed by atoms with Crippen molar-refractivity contribution in [1.82, 2.24) is 4.98 Å². The fourth-order valence-electron chi connectivity index (χ4n) is 2.30. The molecule has 0 saturated heterocycles. The summed E-state index contributed by atoms with van der Waals surface area (Å²) >= 11 is 11.8. The maximum absolute atomic E-state index is 12.3. The SMILES string of the molecule is O=C(COc1cccc(NC(=O)c2nc(Cl)ccc2Cl)c1)Nc1ccccc1. The quantitative estimate of drug-likeness (QED) is 0.573. The Kier molecular flexibility index (Phi) is 6.47. The van der Waals surface area contributed by atoms with E-state index in [1.165, 1.54) is 12.1 Å². The number of para-hydroxylation sites is 1. The third-order valence-electron chi connectivity index (χ3n) is 3.55. The number of ether oxygens (including phenoxy) is 1. The van der Waals surface area contributed by atoms with E-state index in [9.17, 15) is 9.59 Å². The molecule has 1 aromatic heterocycles. The number of amides is 2. The van der Waals surface area contributed by atoms with Crippen LogP contribution in [0.25, 0.3) is 0 Å². The highest BCUT2D eigenvalue weighted by molar-refractivity contribution is 6.35. The molecule has 1 heterocycles. The van der Waals surface area contributed by atoms with Crippen molar-refractivity contribution in [2.45, 2.75) is 0 Å². The lowest BCUT2D eigenvalue weighted by Crippen LogP contribution is -2.20. The molecule has 8 heteroatoms. The summed E-state index contributed by atoms with van der Waals surface area (Å²) < 4.78 is 5.48. The van der Waals surface area contributed by atoms with E-state index in [4.69, 9.17) is 27.9 Å². The molecule has 2 amide bonds. The maximum Gasteiger partial charge on any atom is 0.275 e. The molecule has 0 bridgehead atoms. The van der Waals surface area contributed by atoms with Crippen molar-refractivity contribution >= 4 is 46.4 Å². The van der Waals surface area contributed by atoms with Gasteiger partial charge in [0.25, 0.3) is 11.8 Å². The van der Waals surface area contributed by atoms with Crippen molar-refractivity contribution in [3.63, 3.8) is 0 Å². The van der Waals surface area contributed by atoms with Gasteiger partial charge in [0.05, 0.1) is 5.02 Å². The third-order valence-corrected chi connectivity index (χ3v) is 4.06. The summed E-state index contributed by atoms with van der Waals surface area (Å²) in [4.78, 5) is 28.2. The second-order valence-electron chi connectivity index (χ2n) is 5.65. The smallest absolute Gasteiger partial charge is 0.275 e. The molecule has 0 aliphatic carbocycles. The summed E-state index contributed by atoms with van der Waals surface area (Å²) in [5.74, 6) is -0.381. The van der Waals surface area contributed by atoms with Crippen LogP contribution in [0, 0.1) is 0 Å². The zero-order valence-corrected chi connectivity index (χ0v) is 16.0. The van der Waals surface area contributed by atoms with Crippen molar-refractivity contribution < 1.29 is 14.3 Å². The average molecular weight is 416 g/mol. The number of halogens is 2. The van der Waals surface area contributed by atoms with Crippen LogP contribution in [-0.2, 0) is 4.79 Å². The van der Waals surface area contributed by atoms with Crippen LogP contribution in [0.5, 0.6) is 5.75 Å². The van der Waals surface area contributed by atoms with Gasteiger partial charge in [0, 0.05) is 17.4 Å². The number of hydrogen-bond acceptors (Lipinski definition) is 4. The zero-order valence-electron chi connectivity index (χ0n) is 14.5. The number of aromatic nitrogens is 1. The van der Waals surface area contributed by atoms with E-state index < -0.39 is 5.91 Å². The van der Waals surface area contributed by atoms with E-state index in [1.807, 2.05) is 18.2 Å². The Balaban J connectivity index is 1.60. The molecule has 2 aromatic carbocycles. The first kappa shape index (κ1) is 19.7. The summed E-state index contributed by atoms with van der Waals surface area (Å²) in [6.07, 6.45) is 0. The number of carbonyl (C=O) groups is 2. The first-order valence-electron chi connectivity index (χ1n) is 8.22. The Bertz CT molecular complexity index is 997. The van der Waals surface area contributed by atoms with Crippen LogP contribution in [0.3, 0.4) is 0 Å². The molecular weight excluding hydrogens is 401 g/mol. The van der Waals surface area contributed by atoms with Crippen LogP contribution < -0.4 is 15.4 Å². The van der Waals surface area contributed by atoms with E-state index in [2.05, 4.69) is 15.6 Å². The predicted octanol–water partition coefficient (Wildman–Crippen LogP) is 4.66. The van der Waals surface area contributed by atoms with Gasteiger partial charge in [-0.2, -0.15) is 0 Å². The molecule has 3 aromatic rings. The van der Waals surface area contributed by atoms with Gasteiger partial charge < -0.3 is 15.4 Å². The molecule has 3 rings (SSSR count). The van der Waals surface area contributed by atoms with Crippen LogP contribution in [0.2, 0.25) is 10.2 Å². The van der Waals surface area contributed by atoms with Gasteiger partial charge in [-0.25, -0.2) is 4.98 Å². The molecule has 6 nitrogen and oxygen atoms in total. The standard InChI is InChI=1S/C20H15Cl2N3O3/c21-16-9-10-17(22)25-19(16)20(27)24-14-7-4-8-15(11-14)28-12-18(26)23-13-5-2-1-3-6-13/h1-11H,12H2,(H,23,26)(H,24,27). The Morgan fingerprint density at radius 2 is 1.64 bits per heavy atom. The van der Waals surface area contributed by atoms with Crippen molar-refractivity contribution in [3.05, 3.63) is 82.6 Å². The molecule has 0 radical (unpaired) electrons. The average Bonchev–Trinajstić information content (AvgIpc) is 2.69. The number of nitrogens with one attached hydrogen (secondary N) is 2. The van der Waals surface area contributed by atoms with Gasteiger partial charge >= 0.3 is 0 Å². The topological polar surface area (TPSA) is 80.3 Å². The van der Waals surface area contributed by atoms with E-state index in [-0.39, 0.29) is 28.4 Å². The Morgan fingerprint density at radius 3 is 2.43 bits per heavy atom. The minimum atomic E-state index is -0.508. The molecule has 0 aliphatic rings. The minimum absolute atomic E-state index is 0.0164. The molecule has 0 saturated carbocycles. The van der Waals surface area contributed by atoms with Gasteiger partial charge in [-0.3, -0.25) is 9.59 Å². The maximum atomic E-state index is 12.3. The Labute approximate surface area is 171 Å². The molecule has 0 atom stereocenters. The number of nitrogens with zero attached hydrogens (tertiary/aromatic N) is 1. The molecule has 2 N–H and O–H groups in total. The van der Waals surface area contributed by atoms with Crippen molar-refractivity contribution in [2.75, 3.05) is 17.2 Å². The van der Waals surface area contributed by atoms with Crippen LogP contribution in [-0.4, -0.2) is 23.4 Å². The highest BCUT2D eigenvalue weighted by Crippen LogP contribution is 2.21. The van der Waals surface area contributed by atoms with Crippen molar-refractivity contribution in [2.24, 2.45) is 0 Å². The van der Waals surface area contributed by atoms with Crippen LogP contribution in [0.4, 0.5) is 11.4 Å². The van der Waals surface area contributed by atoms with Crippen molar-refractivity contribution in [3.8, 4) is 5.75 Å². The van der Waals surface area contributed by atoms with E-state index >= 15 is 0 Å². The normalized spacial score (nSPS) is 10.2. The first-order valence-corrected chi connectivity index (χ1v) is 8.98.